The molecule has 0 aliphatic carbocycles. The normalized spacial score (nSPS) is 12.5. The van der Waals surface area contributed by atoms with E-state index >= 15 is 0 Å². The molecular weight excluding hydrogens is 348 g/mol. The molecular formula is C16H22N2O6S. The third kappa shape index (κ3) is 7.79. The summed E-state index contributed by atoms with van der Waals surface area (Å²) in [5.41, 5.74) is -1.72. The van der Waals surface area contributed by atoms with Crippen molar-refractivity contribution in [3.63, 3.8) is 0 Å². The zero-order chi connectivity index (χ0) is 19.4. The zero-order valence-corrected chi connectivity index (χ0v) is 15.8. The van der Waals surface area contributed by atoms with Gasteiger partial charge in [0.05, 0.1) is 11.3 Å². The Balaban J connectivity index is 2.94. The number of ether oxygens (including phenoxy) is 2. The number of carbonyl (C=O) groups excluding carboxylic acids is 2. The number of carboxylic acid groups (broad SMARTS) is 1. The Labute approximate surface area is 149 Å². The molecule has 1 heterocycles. The molecule has 0 spiro atoms. The molecule has 0 aliphatic heterocycles. The first-order chi connectivity index (χ1) is 11.3. The number of carbonyl (C=O) groups is 3. The van der Waals surface area contributed by atoms with Crippen LogP contribution in [0.3, 0.4) is 0 Å². The lowest BCUT2D eigenvalue weighted by molar-refractivity contribution is -0.148. The molecule has 1 aromatic rings. The first kappa shape index (κ1) is 20.6. The number of carboxylic acids is 1. The smallest absolute Gasteiger partial charge is 0.413 e. The molecule has 0 fully saturated rings. The van der Waals surface area contributed by atoms with Gasteiger partial charge in [0.25, 0.3) is 0 Å². The second kappa shape index (κ2) is 7.64. The average Bonchev–Trinajstić information content (AvgIpc) is 2.78. The van der Waals surface area contributed by atoms with Crippen LogP contribution in [0, 0.1) is 0 Å². The Morgan fingerprint density at radius 1 is 1.12 bits per heavy atom. The van der Waals surface area contributed by atoms with Crippen molar-refractivity contribution < 1.29 is 29.0 Å². The maximum atomic E-state index is 11.8. The molecule has 1 amide bonds. The van der Waals surface area contributed by atoms with Crippen LogP contribution in [-0.4, -0.2) is 39.3 Å². The monoisotopic (exact) mass is 370 g/mol. The van der Waals surface area contributed by atoms with Gasteiger partial charge in [-0.15, -0.1) is 11.3 Å². The van der Waals surface area contributed by atoms with Crippen molar-refractivity contribution in [2.45, 2.75) is 52.7 Å². The van der Waals surface area contributed by atoms with Crippen LogP contribution in [0.25, 0.3) is 5.57 Å². The minimum Gasteiger partial charge on any atom is -0.478 e. The molecule has 1 aromatic heterocycles. The summed E-state index contributed by atoms with van der Waals surface area (Å²) in [7, 11) is 0. The highest BCUT2D eigenvalue weighted by atomic mass is 32.1. The fourth-order valence-corrected chi connectivity index (χ4v) is 2.24. The third-order valence-corrected chi connectivity index (χ3v) is 3.05. The Bertz CT molecular complexity index is 694. The summed E-state index contributed by atoms with van der Waals surface area (Å²) in [6.45, 7) is 10.2. The Morgan fingerprint density at radius 2 is 1.68 bits per heavy atom. The van der Waals surface area contributed by atoms with Crippen molar-refractivity contribution in [3.05, 3.63) is 17.2 Å². The lowest BCUT2D eigenvalue weighted by atomic mass is 10.2. The van der Waals surface area contributed by atoms with Gasteiger partial charge in [0.1, 0.15) is 11.2 Å². The van der Waals surface area contributed by atoms with Gasteiger partial charge in [0.2, 0.25) is 0 Å². The van der Waals surface area contributed by atoms with E-state index < -0.39 is 29.2 Å². The number of esters is 1. The number of aliphatic carboxylic acids is 1. The van der Waals surface area contributed by atoms with Crippen LogP contribution in [-0.2, 0) is 19.1 Å². The number of hydrogen-bond acceptors (Lipinski definition) is 7. The first-order valence-electron chi connectivity index (χ1n) is 7.41. The van der Waals surface area contributed by atoms with Gasteiger partial charge in [0.15, 0.2) is 5.13 Å². The van der Waals surface area contributed by atoms with E-state index in [1.807, 2.05) is 0 Å². The van der Waals surface area contributed by atoms with E-state index in [0.29, 0.717) is 0 Å². The summed E-state index contributed by atoms with van der Waals surface area (Å²) in [5, 5.41) is 13.3. The number of thiazole rings is 1. The highest BCUT2D eigenvalue weighted by Gasteiger charge is 2.21. The molecule has 138 valence electrons. The van der Waals surface area contributed by atoms with Gasteiger partial charge in [-0.25, -0.2) is 19.4 Å². The molecule has 0 saturated carbocycles. The van der Waals surface area contributed by atoms with E-state index in [2.05, 4.69) is 10.3 Å². The Kier molecular flexibility index (Phi) is 6.31. The second-order valence-electron chi connectivity index (χ2n) is 7.06. The lowest BCUT2D eigenvalue weighted by Gasteiger charge is -2.19. The van der Waals surface area contributed by atoms with Crippen molar-refractivity contribution in [2.24, 2.45) is 0 Å². The van der Waals surface area contributed by atoms with E-state index in [4.69, 9.17) is 9.47 Å². The summed E-state index contributed by atoms with van der Waals surface area (Å²) >= 11 is 1.01. The Morgan fingerprint density at radius 3 is 2.16 bits per heavy atom. The minimum absolute atomic E-state index is 0.0365. The molecule has 0 aliphatic rings. The molecule has 0 radical (unpaired) electrons. The van der Waals surface area contributed by atoms with Crippen molar-refractivity contribution in [3.8, 4) is 0 Å². The fraction of sp³-hybridized carbons (Fsp3) is 0.500. The highest BCUT2D eigenvalue weighted by molar-refractivity contribution is 7.14. The van der Waals surface area contributed by atoms with Crippen LogP contribution in [0.1, 0.15) is 47.2 Å². The topological polar surface area (TPSA) is 115 Å². The Hall–Kier alpha value is -2.42. The van der Waals surface area contributed by atoms with Crippen molar-refractivity contribution >= 4 is 40.1 Å². The molecule has 1 rings (SSSR count). The van der Waals surface area contributed by atoms with E-state index in [-0.39, 0.29) is 16.4 Å². The highest BCUT2D eigenvalue weighted by Crippen LogP contribution is 2.23. The number of nitrogens with zero attached hydrogens (tertiary/aromatic N) is 1. The number of hydrogen-bond donors (Lipinski definition) is 2. The number of aromatic nitrogens is 1. The first-order valence-corrected chi connectivity index (χ1v) is 8.29. The molecule has 9 heteroatoms. The van der Waals surface area contributed by atoms with Crippen LogP contribution >= 0.6 is 11.3 Å². The predicted octanol–water partition coefficient (Wildman–Crippen LogP) is 3.30. The fourth-order valence-electron chi connectivity index (χ4n) is 1.54. The summed E-state index contributed by atoms with van der Waals surface area (Å²) in [6.07, 6.45) is 0.154. The van der Waals surface area contributed by atoms with Gasteiger partial charge in [0, 0.05) is 11.5 Å². The molecule has 0 atom stereocenters. The molecule has 25 heavy (non-hydrogen) atoms. The molecule has 0 aromatic carbocycles. The molecule has 0 unspecified atom stereocenters. The van der Waals surface area contributed by atoms with E-state index in [1.165, 1.54) is 5.38 Å². The van der Waals surface area contributed by atoms with Crippen molar-refractivity contribution in [1.29, 1.82) is 0 Å². The van der Waals surface area contributed by atoms with Crippen molar-refractivity contribution in [2.75, 3.05) is 5.32 Å². The zero-order valence-electron chi connectivity index (χ0n) is 15.0. The maximum absolute atomic E-state index is 11.8. The van der Waals surface area contributed by atoms with E-state index in [0.717, 1.165) is 17.4 Å². The summed E-state index contributed by atoms with van der Waals surface area (Å²) in [4.78, 5) is 38.9. The quantitative estimate of drug-likeness (QED) is 0.617. The van der Waals surface area contributed by atoms with Gasteiger partial charge >= 0.3 is 18.0 Å². The summed E-state index contributed by atoms with van der Waals surface area (Å²) in [6, 6.07) is 0. The van der Waals surface area contributed by atoms with Crippen LogP contribution in [0.2, 0.25) is 0 Å². The second-order valence-corrected chi connectivity index (χ2v) is 7.92. The maximum Gasteiger partial charge on any atom is 0.413 e. The average molecular weight is 370 g/mol. The van der Waals surface area contributed by atoms with E-state index in [1.54, 1.807) is 41.5 Å². The van der Waals surface area contributed by atoms with Gasteiger partial charge < -0.3 is 14.6 Å². The molecule has 8 nitrogen and oxygen atoms in total. The van der Waals surface area contributed by atoms with Crippen LogP contribution in [0.5, 0.6) is 0 Å². The predicted molar refractivity (Wildman–Crippen MR) is 93.4 cm³/mol. The van der Waals surface area contributed by atoms with Gasteiger partial charge in [-0.1, -0.05) is 0 Å². The summed E-state index contributed by atoms with van der Waals surface area (Å²) < 4.78 is 10.2. The standard InChI is InChI=1S/C16H22N2O6S/c1-15(2,3)23-11(19)7-9(12(20)21)10-8-25-13(17-10)18-14(22)24-16(4,5)6/h7-8H,1-6H3,(H,20,21)(H,17,18,22)/b9-7-. The number of amides is 1. The number of anilines is 1. The van der Waals surface area contributed by atoms with E-state index in [9.17, 15) is 19.5 Å². The van der Waals surface area contributed by atoms with Crippen LogP contribution in [0.15, 0.2) is 11.5 Å². The molecule has 2 N–H and O–H groups in total. The van der Waals surface area contributed by atoms with Crippen molar-refractivity contribution in [1.82, 2.24) is 4.98 Å². The lowest BCUT2D eigenvalue weighted by Crippen LogP contribution is -2.27. The number of rotatable bonds is 4. The third-order valence-electron chi connectivity index (χ3n) is 2.29. The molecule has 0 bridgehead atoms. The van der Waals surface area contributed by atoms with Gasteiger partial charge in [-0.3, -0.25) is 5.32 Å². The SMILES string of the molecule is CC(C)(C)OC(=O)/C=C(\C(=O)O)c1csc(NC(=O)OC(C)(C)C)n1. The van der Waals surface area contributed by atoms with Gasteiger partial charge in [-0.2, -0.15) is 0 Å². The molecule has 0 saturated heterocycles. The largest absolute Gasteiger partial charge is 0.478 e. The van der Waals surface area contributed by atoms with Gasteiger partial charge in [-0.05, 0) is 41.5 Å². The van der Waals surface area contributed by atoms with Crippen LogP contribution < -0.4 is 5.32 Å². The summed E-state index contributed by atoms with van der Waals surface area (Å²) in [5.74, 6) is -2.13. The number of nitrogens with one attached hydrogen (secondary N) is 1. The minimum atomic E-state index is -1.33. The van der Waals surface area contributed by atoms with Crippen LogP contribution in [0.4, 0.5) is 9.93 Å².